The summed E-state index contributed by atoms with van der Waals surface area (Å²) in [4.78, 5) is 6.68. The molecule has 1 aromatic heterocycles. The Labute approximate surface area is 205 Å². The van der Waals surface area contributed by atoms with Gasteiger partial charge < -0.3 is 14.4 Å². The number of nitrogens with zero attached hydrogens (tertiary/aromatic N) is 3. The first-order chi connectivity index (χ1) is 16.6. The molecule has 2 aromatic carbocycles. The Bertz CT molecular complexity index is 1220. The van der Waals surface area contributed by atoms with E-state index in [2.05, 4.69) is 4.74 Å². The molecule has 4 rings (SSSR count). The number of alkyl halides is 3. The van der Waals surface area contributed by atoms with Gasteiger partial charge in [0.2, 0.25) is 10.0 Å². The lowest BCUT2D eigenvalue weighted by molar-refractivity contribution is -0.274. The molecule has 1 aliphatic heterocycles. The minimum Gasteiger partial charge on any atom is -0.494 e. The number of hydrogen-bond acceptors (Lipinski definition) is 7. The van der Waals surface area contributed by atoms with Gasteiger partial charge in [0.25, 0.3) is 0 Å². The Hall–Kier alpha value is -2.83. The van der Waals surface area contributed by atoms with Crippen molar-refractivity contribution in [1.29, 1.82) is 0 Å². The summed E-state index contributed by atoms with van der Waals surface area (Å²) in [6, 6.07) is 12.1. The number of ether oxygens (including phenoxy) is 2. The van der Waals surface area contributed by atoms with E-state index in [1.165, 1.54) is 15.6 Å². The lowest BCUT2D eigenvalue weighted by Gasteiger charge is -2.33. The van der Waals surface area contributed by atoms with Crippen LogP contribution < -0.4 is 14.4 Å². The van der Waals surface area contributed by atoms with Crippen LogP contribution in [0.2, 0.25) is 0 Å². The number of piperazine rings is 1. The summed E-state index contributed by atoms with van der Waals surface area (Å²) in [5.41, 5.74) is 2.05. The van der Waals surface area contributed by atoms with Gasteiger partial charge in [-0.3, -0.25) is 0 Å². The smallest absolute Gasteiger partial charge is 0.494 e. The fourth-order valence-corrected chi connectivity index (χ4v) is 5.99. The molecule has 2 heterocycles. The zero-order chi connectivity index (χ0) is 25.1. The van der Waals surface area contributed by atoms with Crippen LogP contribution in [0.15, 0.2) is 58.8 Å². The zero-order valence-corrected chi connectivity index (χ0v) is 20.5. The fraction of sp³-hybridized carbons (Fsp3) is 0.348. The molecule has 0 radical (unpaired) electrons. The fourth-order valence-electron chi connectivity index (χ4n) is 3.68. The molecular weight excluding hydrogens is 503 g/mol. The van der Waals surface area contributed by atoms with Crippen LogP contribution in [-0.4, -0.2) is 56.9 Å². The molecule has 188 valence electrons. The second-order valence-electron chi connectivity index (χ2n) is 7.79. The average molecular weight is 528 g/mol. The maximum Gasteiger partial charge on any atom is 0.573 e. The van der Waals surface area contributed by atoms with Crippen LogP contribution in [0, 0.1) is 0 Å². The third-order valence-corrected chi connectivity index (χ3v) is 8.23. The molecule has 0 aliphatic carbocycles. The quantitative estimate of drug-likeness (QED) is 0.428. The molecule has 1 aliphatic rings. The molecule has 0 spiro atoms. The van der Waals surface area contributed by atoms with E-state index in [1.54, 1.807) is 0 Å². The Balaban J connectivity index is 1.34. The molecule has 3 aromatic rings. The Morgan fingerprint density at radius 1 is 0.971 bits per heavy atom. The molecule has 1 saturated heterocycles. The first-order valence-electron chi connectivity index (χ1n) is 10.9. The maximum atomic E-state index is 12.9. The summed E-state index contributed by atoms with van der Waals surface area (Å²) in [5, 5.41) is 2.83. The molecule has 12 heteroatoms. The third-order valence-electron chi connectivity index (χ3n) is 5.36. The Morgan fingerprint density at radius 3 is 2.20 bits per heavy atom. The molecular formula is C23H24F3N3O4S2. The van der Waals surface area contributed by atoms with E-state index in [9.17, 15) is 21.6 Å². The highest BCUT2D eigenvalue weighted by Gasteiger charge is 2.32. The van der Waals surface area contributed by atoms with E-state index in [-0.39, 0.29) is 18.0 Å². The molecule has 0 amide bonds. The number of aromatic nitrogens is 1. The van der Waals surface area contributed by atoms with Gasteiger partial charge in [-0.1, -0.05) is 12.1 Å². The van der Waals surface area contributed by atoms with E-state index in [4.69, 9.17) is 9.72 Å². The average Bonchev–Trinajstić information content (AvgIpc) is 3.28. The maximum absolute atomic E-state index is 12.9. The topological polar surface area (TPSA) is 72.0 Å². The predicted octanol–water partition coefficient (Wildman–Crippen LogP) is 4.54. The van der Waals surface area contributed by atoms with E-state index in [0.29, 0.717) is 26.1 Å². The van der Waals surface area contributed by atoms with Crippen molar-refractivity contribution in [1.82, 2.24) is 9.29 Å². The van der Waals surface area contributed by atoms with E-state index >= 15 is 0 Å². The predicted molar refractivity (Wildman–Crippen MR) is 127 cm³/mol. The van der Waals surface area contributed by atoms with Gasteiger partial charge in [0.15, 0.2) is 5.13 Å². The van der Waals surface area contributed by atoms with Gasteiger partial charge in [-0.15, -0.1) is 24.5 Å². The van der Waals surface area contributed by atoms with Crippen LogP contribution in [0.4, 0.5) is 18.3 Å². The molecule has 0 atom stereocenters. The van der Waals surface area contributed by atoms with Gasteiger partial charge in [0.05, 0.1) is 17.2 Å². The third kappa shape index (κ3) is 6.44. The van der Waals surface area contributed by atoms with E-state index in [1.807, 2.05) is 41.5 Å². The van der Waals surface area contributed by atoms with Crippen molar-refractivity contribution in [2.45, 2.75) is 24.6 Å². The van der Waals surface area contributed by atoms with E-state index < -0.39 is 22.1 Å². The number of thiazole rings is 1. The minimum atomic E-state index is -4.83. The van der Waals surface area contributed by atoms with Crippen molar-refractivity contribution in [2.75, 3.05) is 37.7 Å². The number of hydrogen-bond donors (Lipinski definition) is 0. The van der Waals surface area contributed by atoms with Crippen LogP contribution in [0.25, 0.3) is 0 Å². The summed E-state index contributed by atoms with van der Waals surface area (Å²) < 4.78 is 73.4. The van der Waals surface area contributed by atoms with Crippen molar-refractivity contribution in [3.8, 4) is 11.5 Å². The molecule has 0 N–H and O–H groups in total. The molecule has 0 bridgehead atoms. The molecule has 1 fully saturated rings. The number of benzene rings is 2. The number of rotatable bonds is 8. The monoisotopic (exact) mass is 527 g/mol. The van der Waals surface area contributed by atoms with Gasteiger partial charge in [-0.25, -0.2) is 13.4 Å². The highest BCUT2D eigenvalue weighted by Crippen LogP contribution is 2.28. The highest BCUT2D eigenvalue weighted by atomic mass is 32.2. The molecule has 35 heavy (non-hydrogen) atoms. The van der Waals surface area contributed by atoms with Gasteiger partial charge >= 0.3 is 6.36 Å². The number of halogens is 3. The van der Waals surface area contributed by atoms with Crippen LogP contribution in [0.3, 0.4) is 0 Å². The van der Waals surface area contributed by atoms with Crippen molar-refractivity contribution in [3.63, 3.8) is 0 Å². The number of sulfonamides is 1. The minimum absolute atomic E-state index is 0.0765. The van der Waals surface area contributed by atoms with Crippen molar-refractivity contribution < 1.29 is 31.1 Å². The standard InChI is InChI=1S/C23H24F3N3O4S2/c1-2-32-19-5-3-17(4-6-19)15-18-16-34-22(27-18)28-11-13-29(14-12-28)35(30,31)21-9-7-20(8-10-21)33-23(24,25)26/h3-10,16H,2,11-15H2,1H3. The number of anilines is 1. The second-order valence-corrected chi connectivity index (χ2v) is 10.6. The lowest BCUT2D eigenvalue weighted by atomic mass is 10.1. The first-order valence-corrected chi connectivity index (χ1v) is 13.2. The van der Waals surface area contributed by atoms with Crippen LogP contribution >= 0.6 is 11.3 Å². The zero-order valence-electron chi connectivity index (χ0n) is 18.9. The summed E-state index contributed by atoms with van der Waals surface area (Å²) >= 11 is 1.51. The second kappa shape index (κ2) is 10.4. The van der Waals surface area contributed by atoms with Gasteiger partial charge in [0, 0.05) is 38.0 Å². The largest absolute Gasteiger partial charge is 0.573 e. The summed E-state index contributed by atoms with van der Waals surface area (Å²) in [5.74, 6) is 0.361. The summed E-state index contributed by atoms with van der Waals surface area (Å²) in [7, 11) is -3.83. The first kappa shape index (κ1) is 25.3. The molecule has 0 saturated carbocycles. The van der Waals surface area contributed by atoms with Crippen molar-refractivity contribution in [3.05, 3.63) is 65.2 Å². The van der Waals surface area contributed by atoms with Crippen LogP contribution in [0.5, 0.6) is 11.5 Å². The van der Waals surface area contributed by atoms with Gasteiger partial charge in [-0.05, 0) is 48.9 Å². The van der Waals surface area contributed by atoms with Gasteiger partial charge in [-0.2, -0.15) is 4.31 Å². The van der Waals surface area contributed by atoms with Gasteiger partial charge in [0.1, 0.15) is 11.5 Å². The van der Waals surface area contributed by atoms with Crippen molar-refractivity contribution >= 4 is 26.5 Å². The molecule has 0 unspecified atom stereocenters. The van der Waals surface area contributed by atoms with Crippen LogP contribution in [-0.2, 0) is 16.4 Å². The van der Waals surface area contributed by atoms with Crippen LogP contribution in [0.1, 0.15) is 18.2 Å². The highest BCUT2D eigenvalue weighted by molar-refractivity contribution is 7.89. The SMILES string of the molecule is CCOc1ccc(Cc2csc(N3CCN(S(=O)(=O)c4ccc(OC(F)(F)F)cc4)CC3)n2)cc1. The summed E-state index contributed by atoms with van der Waals surface area (Å²) in [6.45, 7) is 3.98. The Kier molecular flexibility index (Phi) is 7.53. The summed E-state index contributed by atoms with van der Waals surface area (Å²) in [6.07, 6.45) is -4.15. The Morgan fingerprint density at radius 2 is 1.60 bits per heavy atom. The molecule has 7 nitrogen and oxygen atoms in total. The van der Waals surface area contributed by atoms with Crippen molar-refractivity contribution in [2.24, 2.45) is 0 Å². The normalized spacial score (nSPS) is 15.3. The lowest BCUT2D eigenvalue weighted by Crippen LogP contribution is -2.48. The van der Waals surface area contributed by atoms with E-state index in [0.717, 1.165) is 46.4 Å².